The van der Waals surface area contributed by atoms with Crippen molar-refractivity contribution in [2.45, 2.75) is 5.03 Å². The first-order valence-electron chi connectivity index (χ1n) is 5.37. The first-order valence-corrected chi connectivity index (χ1v) is 7.97. The van der Waals surface area contributed by atoms with Gasteiger partial charge >= 0.3 is 20.9 Å². The summed E-state index contributed by atoms with van der Waals surface area (Å²) in [7, 11) is -0.792. The molecule has 8 nitrogen and oxygen atoms in total. The van der Waals surface area contributed by atoms with Gasteiger partial charge in [-0.3, -0.25) is 4.52 Å². The molecule has 0 aromatic carbocycles. The van der Waals surface area contributed by atoms with Crippen molar-refractivity contribution in [3.63, 3.8) is 0 Å². The van der Waals surface area contributed by atoms with Gasteiger partial charge in [0.1, 0.15) is 0 Å². The van der Waals surface area contributed by atoms with Crippen LogP contribution in [-0.4, -0.2) is 56.7 Å². The molecule has 102 valence electrons. The van der Waals surface area contributed by atoms with Crippen molar-refractivity contribution >= 4 is 27.7 Å². The first kappa shape index (κ1) is 13.4. The molecule has 1 aliphatic rings. The lowest BCUT2D eigenvalue weighted by Gasteiger charge is -2.19. The summed E-state index contributed by atoms with van der Waals surface area (Å²) in [5.41, 5.74) is 5.58. The van der Waals surface area contributed by atoms with E-state index in [1.165, 1.54) is 18.9 Å². The van der Waals surface area contributed by atoms with Gasteiger partial charge in [0.25, 0.3) is 0 Å². The molecule has 0 saturated carbocycles. The third-order valence-electron chi connectivity index (χ3n) is 2.59. The maximum Gasteiger partial charge on any atom is 0.435 e. The third-order valence-corrected chi connectivity index (χ3v) is 5.35. The smallest absolute Gasteiger partial charge is 0.361 e. The Kier molecular flexibility index (Phi) is 3.69. The van der Waals surface area contributed by atoms with Gasteiger partial charge in [0, 0.05) is 25.6 Å². The molecule has 2 N–H and O–H groups in total. The van der Waals surface area contributed by atoms with Crippen LogP contribution in [0, 0.1) is 0 Å². The molecule has 0 atom stereocenters. The molecule has 0 amide bonds. The van der Waals surface area contributed by atoms with Gasteiger partial charge in [-0.2, -0.15) is 21.1 Å². The summed E-state index contributed by atoms with van der Waals surface area (Å²) < 4.78 is 30.3. The Hall–Kier alpha value is -1.000. The van der Waals surface area contributed by atoms with Crippen molar-refractivity contribution in [3.8, 4) is 0 Å². The monoisotopic (exact) mass is 294 g/mol. The summed E-state index contributed by atoms with van der Waals surface area (Å²) >= 11 is 1.82. The Morgan fingerprint density at radius 3 is 2.61 bits per heavy atom. The summed E-state index contributed by atoms with van der Waals surface area (Å²) in [5.74, 6) is 1.64. The van der Waals surface area contributed by atoms with E-state index in [0.29, 0.717) is 13.1 Å². The van der Waals surface area contributed by atoms with E-state index in [1.54, 1.807) is 0 Å². The minimum atomic E-state index is -3.68. The number of nitrogens with two attached hydrogens (primary N) is 1. The van der Waals surface area contributed by atoms with Crippen molar-refractivity contribution in [2.24, 2.45) is 0 Å². The number of nitrogens with zero attached hydrogens (tertiary/aromatic N) is 4. The van der Waals surface area contributed by atoms with Crippen molar-refractivity contribution in [3.05, 3.63) is 0 Å². The van der Waals surface area contributed by atoms with Gasteiger partial charge in [-0.15, -0.1) is 0 Å². The van der Waals surface area contributed by atoms with Crippen molar-refractivity contribution < 1.29 is 17.7 Å². The quantitative estimate of drug-likeness (QED) is 0.676. The van der Waals surface area contributed by atoms with E-state index in [-0.39, 0.29) is 10.9 Å². The number of sulfonamides is 1. The fourth-order valence-corrected chi connectivity index (χ4v) is 3.46. The van der Waals surface area contributed by atoms with Crippen LogP contribution in [0.1, 0.15) is 0 Å². The molecular formula is C8H16N5O3S2+. The van der Waals surface area contributed by atoms with Crippen LogP contribution in [0.3, 0.4) is 0 Å². The Bertz CT molecular complexity index is 521. The number of hydrogen-bond acceptors (Lipinski definition) is 7. The molecule has 1 aromatic heterocycles. The average molecular weight is 294 g/mol. The van der Waals surface area contributed by atoms with Crippen LogP contribution in [-0.2, 0) is 10.0 Å². The maximum atomic E-state index is 12.2. The fourth-order valence-electron chi connectivity index (χ4n) is 1.58. The maximum absolute atomic E-state index is 12.2. The number of anilines is 1. The molecule has 1 fully saturated rings. The molecule has 0 radical (unpaired) electrons. The Morgan fingerprint density at radius 2 is 2.06 bits per heavy atom. The molecule has 1 aromatic rings. The summed E-state index contributed by atoms with van der Waals surface area (Å²) in [6.45, 7) is 1.41. The summed E-state index contributed by atoms with van der Waals surface area (Å²) in [5, 5.41) is 5.42. The molecule has 2 heterocycles. The van der Waals surface area contributed by atoms with Gasteiger partial charge in [-0.25, -0.2) is 8.42 Å². The second kappa shape index (κ2) is 4.94. The highest BCUT2D eigenvalue weighted by molar-refractivity contribution is 7.99. The van der Waals surface area contributed by atoms with Crippen molar-refractivity contribution in [2.75, 3.05) is 49.4 Å². The molecule has 10 heteroatoms. The van der Waals surface area contributed by atoms with Gasteiger partial charge in [0.15, 0.2) is 0 Å². The molecular weight excluding hydrogens is 278 g/mol. The zero-order chi connectivity index (χ0) is 13.3. The Balaban J connectivity index is 2.44. The minimum Gasteiger partial charge on any atom is -0.361 e. The van der Waals surface area contributed by atoms with Gasteiger partial charge in [-0.1, -0.05) is 0 Å². The second-order valence-electron chi connectivity index (χ2n) is 3.99. The molecule has 1 saturated heterocycles. The van der Waals surface area contributed by atoms with Crippen LogP contribution < -0.4 is 15.5 Å². The molecule has 0 spiro atoms. The number of thioether (sulfide) groups is 1. The van der Waals surface area contributed by atoms with Crippen molar-refractivity contribution in [1.82, 2.24) is 9.58 Å². The number of nitrogen functional groups attached to an aromatic ring is 1. The fraction of sp³-hybridized carbons (Fsp3) is 0.750. The summed E-state index contributed by atoms with van der Waals surface area (Å²) in [4.78, 5) is 1.25. The molecule has 0 unspecified atom stereocenters. The van der Waals surface area contributed by atoms with E-state index in [1.807, 2.05) is 16.8 Å². The van der Waals surface area contributed by atoms with Gasteiger partial charge in [0.2, 0.25) is 5.27 Å². The average Bonchev–Trinajstić information content (AvgIpc) is 2.72. The first-order chi connectivity index (χ1) is 8.44. The molecule has 1 aliphatic heterocycles. The molecule has 2 rings (SSSR count). The number of rotatable bonds is 3. The lowest BCUT2D eigenvalue weighted by atomic mass is 10.6. The topological polar surface area (TPSA) is 96.5 Å². The van der Waals surface area contributed by atoms with Crippen LogP contribution in [0.2, 0.25) is 0 Å². The second-order valence-corrected chi connectivity index (χ2v) is 7.28. The summed E-state index contributed by atoms with van der Waals surface area (Å²) in [6, 6.07) is 0. The standard InChI is InChI=1S/C8H16N5O3S2/c1-11(2)18(14,15)8-7(9)16-10-13(8)12-3-5-17-6-4-12/h3-6,9H2,1-2H3/q+1. The number of aromatic nitrogens is 2. The largest absolute Gasteiger partial charge is 0.435 e. The zero-order valence-electron chi connectivity index (χ0n) is 10.2. The van der Waals surface area contributed by atoms with Crippen LogP contribution in [0.4, 0.5) is 5.88 Å². The highest BCUT2D eigenvalue weighted by Crippen LogP contribution is 2.16. The lowest BCUT2D eigenvalue weighted by Crippen LogP contribution is -2.64. The van der Waals surface area contributed by atoms with Crippen LogP contribution in [0.5, 0.6) is 0 Å². The number of hydrogen-bond donors (Lipinski definition) is 1. The van der Waals surface area contributed by atoms with Crippen LogP contribution in [0.15, 0.2) is 9.55 Å². The van der Waals surface area contributed by atoms with Gasteiger partial charge in [-0.05, 0) is 0 Å². The van der Waals surface area contributed by atoms with Gasteiger partial charge < -0.3 is 5.73 Å². The highest BCUT2D eigenvalue weighted by atomic mass is 32.2. The van der Waals surface area contributed by atoms with E-state index in [0.717, 1.165) is 15.8 Å². The third kappa shape index (κ3) is 2.27. The zero-order valence-corrected chi connectivity index (χ0v) is 11.9. The van der Waals surface area contributed by atoms with E-state index < -0.39 is 10.0 Å². The molecule has 0 bridgehead atoms. The van der Waals surface area contributed by atoms with E-state index in [9.17, 15) is 8.42 Å². The van der Waals surface area contributed by atoms with Gasteiger partial charge in [0.05, 0.1) is 17.9 Å². The Labute approximate surface area is 110 Å². The normalized spacial score (nSPS) is 17.4. The van der Waals surface area contributed by atoms with Crippen molar-refractivity contribution in [1.29, 1.82) is 0 Å². The van der Waals surface area contributed by atoms with E-state index in [2.05, 4.69) is 5.27 Å². The van der Waals surface area contributed by atoms with Crippen LogP contribution >= 0.6 is 11.8 Å². The van der Waals surface area contributed by atoms with E-state index >= 15 is 0 Å². The predicted molar refractivity (Wildman–Crippen MR) is 67.3 cm³/mol. The lowest BCUT2D eigenvalue weighted by molar-refractivity contribution is -0.789. The predicted octanol–water partition coefficient (Wildman–Crippen LogP) is -1.52. The summed E-state index contributed by atoms with van der Waals surface area (Å²) in [6.07, 6.45) is 0. The highest BCUT2D eigenvalue weighted by Gasteiger charge is 2.41. The Morgan fingerprint density at radius 1 is 1.44 bits per heavy atom. The molecule has 18 heavy (non-hydrogen) atoms. The van der Waals surface area contributed by atoms with Crippen LogP contribution in [0.25, 0.3) is 0 Å². The SMILES string of the molecule is CN(C)S(=O)(=O)c1c(N)on[n+]1N1CCSCC1. The minimum absolute atomic E-state index is 0.112. The van der Waals surface area contributed by atoms with E-state index in [4.69, 9.17) is 10.3 Å². The molecule has 0 aliphatic carbocycles.